The van der Waals surface area contributed by atoms with Crippen molar-refractivity contribution in [2.24, 2.45) is 5.84 Å². The van der Waals surface area contributed by atoms with E-state index in [2.05, 4.69) is 10.1 Å². The number of hydrazine groups is 1. The maximum absolute atomic E-state index is 12.2. The molecule has 2 rings (SSSR count). The van der Waals surface area contributed by atoms with Crippen LogP contribution in [0.25, 0.3) is 0 Å². The van der Waals surface area contributed by atoms with E-state index >= 15 is 0 Å². The highest BCUT2D eigenvalue weighted by Gasteiger charge is 2.14. The van der Waals surface area contributed by atoms with Crippen LogP contribution < -0.4 is 20.7 Å². The molecular formula is C13H15N3O3S. The van der Waals surface area contributed by atoms with Gasteiger partial charge in [0.1, 0.15) is 5.75 Å². The van der Waals surface area contributed by atoms with E-state index in [0.29, 0.717) is 17.1 Å². The van der Waals surface area contributed by atoms with E-state index in [0.717, 1.165) is 0 Å². The number of hydrogen-bond acceptors (Lipinski definition) is 5. The van der Waals surface area contributed by atoms with E-state index < -0.39 is 10.0 Å². The Morgan fingerprint density at radius 3 is 2.35 bits per heavy atom. The first-order chi connectivity index (χ1) is 9.55. The monoisotopic (exact) mass is 293 g/mol. The van der Waals surface area contributed by atoms with Gasteiger partial charge in [-0.2, -0.15) is 0 Å². The van der Waals surface area contributed by atoms with Gasteiger partial charge in [-0.3, -0.25) is 10.6 Å². The highest BCUT2D eigenvalue weighted by atomic mass is 32.2. The molecule has 0 aromatic heterocycles. The van der Waals surface area contributed by atoms with E-state index in [1.54, 1.807) is 36.4 Å². The van der Waals surface area contributed by atoms with Crippen LogP contribution in [0.3, 0.4) is 0 Å². The molecule has 7 heteroatoms. The highest BCUT2D eigenvalue weighted by molar-refractivity contribution is 7.92. The summed E-state index contributed by atoms with van der Waals surface area (Å²) in [5.41, 5.74) is 3.50. The number of rotatable bonds is 5. The summed E-state index contributed by atoms with van der Waals surface area (Å²) in [5, 5.41) is 0. The highest BCUT2D eigenvalue weighted by Crippen LogP contribution is 2.21. The van der Waals surface area contributed by atoms with Gasteiger partial charge in [0, 0.05) is 11.8 Å². The van der Waals surface area contributed by atoms with Crippen LogP contribution in [0.15, 0.2) is 53.4 Å². The van der Waals surface area contributed by atoms with E-state index in [1.807, 2.05) is 0 Å². The lowest BCUT2D eigenvalue weighted by Gasteiger charge is -2.09. The Bertz CT molecular complexity index is 684. The number of ether oxygens (including phenoxy) is 1. The van der Waals surface area contributed by atoms with Gasteiger partial charge in [-0.1, -0.05) is 6.07 Å². The van der Waals surface area contributed by atoms with E-state index in [-0.39, 0.29) is 4.90 Å². The number of benzene rings is 2. The van der Waals surface area contributed by atoms with Crippen molar-refractivity contribution in [2.75, 3.05) is 17.3 Å². The molecule has 0 bridgehead atoms. The molecule has 0 saturated heterocycles. The molecule has 0 fully saturated rings. The lowest BCUT2D eigenvalue weighted by Crippen LogP contribution is -2.13. The average Bonchev–Trinajstić information content (AvgIpc) is 2.47. The first-order valence-corrected chi connectivity index (χ1v) is 7.27. The van der Waals surface area contributed by atoms with Gasteiger partial charge in [0.2, 0.25) is 0 Å². The number of nitrogens with two attached hydrogens (primary N) is 1. The molecule has 0 aliphatic carbocycles. The van der Waals surface area contributed by atoms with Crippen LogP contribution >= 0.6 is 0 Å². The number of methoxy groups -OCH3 is 1. The number of anilines is 2. The van der Waals surface area contributed by atoms with Crippen molar-refractivity contribution in [1.82, 2.24) is 0 Å². The van der Waals surface area contributed by atoms with Gasteiger partial charge in [-0.15, -0.1) is 0 Å². The van der Waals surface area contributed by atoms with Gasteiger partial charge in [-0.25, -0.2) is 8.42 Å². The van der Waals surface area contributed by atoms with E-state index in [4.69, 9.17) is 10.6 Å². The van der Waals surface area contributed by atoms with Crippen molar-refractivity contribution in [1.29, 1.82) is 0 Å². The third kappa shape index (κ3) is 3.19. The zero-order valence-electron chi connectivity index (χ0n) is 10.8. The summed E-state index contributed by atoms with van der Waals surface area (Å²) in [6, 6.07) is 12.8. The Kier molecular flexibility index (Phi) is 4.11. The molecule has 20 heavy (non-hydrogen) atoms. The molecule has 0 aliphatic rings. The van der Waals surface area contributed by atoms with Crippen molar-refractivity contribution in [3.05, 3.63) is 48.5 Å². The van der Waals surface area contributed by atoms with Gasteiger partial charge in [0.15, 0.2) is 0 Å². The second-order valence-electron chi connectivity index (χ2n) is 4.01. The van der Waals surface area contributed by atoms with Crippen LogP contribution in [0.4, 0.5) is 11.4 Å². The summed E-state index contributed by atoms with van der Waals surface area (Å²) in [6.07, 6.45) is 0. The van der Waals surface area contributed by atoms with Gasteiger partial charge in [-0.05, 0) is 36.4 Å². The Balaban J connectivity index is 2.25. The molecule has 4 N–H and O–H groups in total. The Labute approximate surface area is 117 Å². The summed E-state index contributed by atoms with van der Waals surface area (Å²) < 4.78 is 31.9. The maximum atomic E-state index is 12.2. The topological polar surface area (TPSA) is 93.4 Å². The van der Waals surface area contributed by atoms with Crippen LogP contribution in [-0.2, 0) is 10.0 Å². The first kappa shape index (κ1) is 14.2. The zero-order chi connectivity index (χ0) is 14.6. The van der Waals surface area contributed by atoms with Crippen LogP contribution in [0, 0.1) is 0 Å². The standard InChI is InChI=1S/C13H15N3O3S/c1-19-12-4-2-3-11(9-12)16-20(17,18)13-7-5-10(15-14)6-8-13/h2-9,15-16H,14H2,1H3. The molecule has 0 amide bonds. The molecule has 0 spiro atoms. The van der Waals surface area contributed by atoms with Crippen molar-refractivity contribution < 1.29 is 13.2 Å². The summed E-state index contributed by atoms with van der Waals surface area (Å²) in [6.45, 7) is 0. The molecule has 6 nitrogen and oxygen atoms in total. The van der Waals surface area contributed by atoms with Crippen molar-refractivity contribution in [3.8, 4) is 5.75 Å². The average molecular weight is 293 g/mol. The predicted octanol–water partition coefficient (Wildman–Crippen LogP) is 1.78. The van der Waals surface area contributed by atoms with Gasteiger partial charge >= 0.3 is 0 Å². The molecule has 2 aromatic carbocycles. The largest absolute Gasteiger partial charge is 0.497 e. The molecule has 0 unspecified atom stereocenters. The van der Waals surface area contributed by atoms with Gasteiger partial charge in [0.25, 0.3) is 10.0 Å². The number of nitrogen functional groups attached to an aromatic ring is 1. The fraction of sp³-hybridized carbons (Fsp3) is 0.0769. The number of hydrogen-bond donors (Lipinski definition) is 3. The third-order valence-corrected chi connectivity index (χ3v) is 4.05. The lowest BCUT2D eigenvalue weighted by atomic mass is 10.3. The van der Waals surface area contributed by atoms with Crippen LogP contribution in [-0.4, -0.2) is 15.5 Å². The molecule has 0 saturated carbocycles. The molecule has 106 valence electrons. The normalized spacial score (nSPS) is 10.9. The summed E-state index contributed by atoms with van der Waals surface area (Å²) in [5.74, 6) is 5.81. The second kappa shape index (κ2) is 5.81. The Morgan fingerprint density at radius 2 is 1.75 bits per heavy atom. The van der Waals surface area contributed by atoms with E-state index in [1.165, 1.54) is 19.2 Å². The molecule has 0 aliphatic heterocycles. The molecule has 0 heterocycles. The molecular weight excluding hydrogens is 278 g/mol. The Hall–Kier alpha value is -2.25. The first-order valence-electron chi connectivity index (χ1n) is 5.79. The quantitative estimate of drug-likeness (QED) is 0.577. The van der Waals surface area contributed by atoms with Crippen molar-refractivity contribution in [3.63, 3.8) is 0 Å². The van der Waals surface area contributed by atoms with Gasteiger partial charge < -0.3 is 10.2 Å². The fourth-order valence-corrected chi connectivity index (χ4v) is 2.68. The third-order valence-electron chi connectivity index (χ3n) is 2.65. The maximum Gasteiger partial charge on any atom is 0.261 e. The molecule has 2 aromatic rings. The predicted molar refractivity (Wildman–Crippen MR) is 78.1 cm³/mol. The molecule has 0 atom stereocenters. The van der Waals surface area contributed by atoms with Crippen molar-refractivity contribution >= 4 is 21.4 Å². The van der Waals surface area contributed by atoms with Crippen molar-refractivity contribution in [2.45, 2.75) is 4.90 Å². The number of nitrogens with one attached hydrogen (secondary N) is 2. The molecule has 0 radical (unpaired) electrons. The Morgan fingerprint density at radius 1 is 1.05 bits per heavy atom. The summed E-state index contributed by atoms with van der Waals surface area (Å²) >= 11 is 0. The SMILES string of the molecule is COc1cccc(NS(=O)(=O)c2ccc(NN)cc2)c1. The van der Waals surface area contributed by atoms with Crippen LogP contribution in [0.5, 0.6) is 5.75 Å². The second-order valence-corrected chi connectivity index (χ2v) is 5.69. The zero-order valence-corrected chi connectivity index (χ0v) is 11.6. The summed E-state index contributed by atoms with van der Waals surface area (Å²) in [4.78, 5) is 0.152. The number of sulfonamides is 1. The minimum Gasteiger partial charge on any atom is -0.497 e. The van der Waals surface area contributed by atoms with E-state index in [9.17, 15) is 8.42 Å². The smallest absolute Gasteiger partial charge is 0.261 e. The summed E-state index contributed by atoms with van der Waals surface area (Å²) in [7, 11) is -2.12. The fourth-order valence-electron chi connectivity index (χ4n) is 1.63. The van der Waals surface area contributed by atoms with Crippen LogP contribution in [0.2, 0.25) is 0 Å². The van der Waals surface area contributed by atoms with Gasteiger partial charge in [0.05, 0.1) is 17.7 Å². The van der Waals surface area contributed by atoms with Crippen LogP contribution in [0.1, 0.15) is 0 Å². The lowest BCUT2D eigenvalue weighted by molar-refractivity contribution is 0.415. The minimum atomic E-state index is -3.64. The minimum absolute atomic E-state index is 0.152.